The second-order valence-electron chi connectivity index (χ2n) is 4.24. The molecule has 100 valence electrons. The van der Waals surface area contributed by atoms with Gasteiger partial charge in [-0.2, -0.15) is 11.2 Å². The van der Waals surface area contributed by atoms with Gasteiger partial charge < -0.3 is 4.84 Å². The molecule has 0 bridgehead atoms. The smallest absolute Gasteiger partial charge is 0.158 e. The number of rotatable bonds is 3. The van der Waals surface area contributed by atoms with Crippen molar-refractivity contribution in [3.63, 3.8) is 0 Å². The van der Waals surface area contributed by atoms with Gasteiger partial charge in [0.05, 0.1) is 11.6 Å². The van der Waals surface area contributed by atoms with Crippen molar-refractivity contribution in [2.45, 2.75) is 6.92 Å². The third-order valence-electron chi connectivity index (χ3n) is 3.03. The Hall–Kier alpha value is -2.28. The molecular formula is C16H13ClN2O. The molecule has 2 rings (SSSR count). The van der Waals surface area contributed by atoms with Crippen LogP contribution in [-0.2, 0) is 4.84 Å². The van der Waals surface area contributed by atoms with Crippen molar-refractivity contribution < 1.29 is 4.84 Å². The lowest BCUT2D eigenvalue weighted by Crippen LogP contribution is -2.03. The van der Waals surface area contributed by atoms with Crippen LogP contribution in [0.2, 0.25) is 5.02 Å². The Morgan fingerprint density at radius 1 is 1.15 bits per heavy atom. The monoisotopic (exact) mass is 284 g/mol. The molecule has 2 N–H and O–H groups in total. The lowest BCUT2D eigenvalue weighted by molar-refractivity contribution is 0.291. The van der Waals surface area contributed by atoms with E-state index in [1.165, 1.54) is 0 Å². The Balaban J connectivity index is 2.58. The minimum Gasteiger partial charge on any atom is -0.411 e. The first-order chi connectivity index (χ1) is 9.67. The molecule has 0 aromatic heterocycles. The fourth-order valence-electron chi connectivity index (χ4n) is 1.96. The summed E-state index contributed by atoms with van der Waals surface area (Å²) in [5.74, 6) is 5.88. The Labute approximate surface area is 122 Å². The molecule has 0 heterocycles. The van der Waals surface area contributed by atoms with E-state index < -0.39 is 0 Å². The Kier molecular flexibility index (Phi) is 4.41. The molecule has 0 saturated heterocycles. The van der Waals surface area contributed by atoms with Crippen molar-refractivity contribution in [1.82, 2.24) is 0 Å². The highest BCUT2D eigenvalue weighted by Gasteiger charge is 2.13. The summed E-state index contributed by atoms with van der Waals surface area (Å²) < 4.78 is 0. The molecule has 2 aromatic rings. The number of halogens is 1. The van der Waals surface area contributed by atoms with Crippen LogP contribution in [0.4, 0.5) is 0 Å². The molecule has 0 aliphatic rings. The zero-order valence-corrected chi connectivity index (χ0v) is 11.7. The standard InChI is InChI=1S/C16H13ClN2O/c1-11(12-6-8-14(17)9-7-12)16(20-19)15-5-3-2-4-13(15)10-18/h2-9H,19H2,1H3/b16-11+. The highest BCUT2D eigenvalue weighted by Crippen LogP contribution is 2.28. The van der Waals surface area contributed by atoms with Crippen molar-refractivity contribution in [3.8, 4) is 6.07 Å². The van der Waals surface area contributed by atoms with Crippen molar-refractivity contribution >= 4 is 22.9 Å². The van der Waals surface area contributed by atoms with E-state index in [0.29, 0.717) is 21.9 Å². The van der Waals surface area contributed by atoms with Crippen molar-refractivity contribution in [2.24, 2.45) is 5.90 Å². The number of nitrogens with zero attached hydrogens (tertiary/aromatic N) is 1. The largest absolute Gasteiger partial charge is 0.411 e. The quantitative estimate of drug-likeness (QED) is 0.527. The van der Waals surface area contributed by atoms with Crippen molar-refractivity contribution in [1.29, 1.82) is 5.26 Å². The van der Waals surface area contributed by atoms with E-state index in [1.807, 2.05) is 25.1 Å². The summed E-state index contributed by atoms with van der Waals surface area (Å²) in [6.07, 6.45) is 0. The van der Waals surface area contributed by atoms with Crippen molar-refractivity contribution in [3.05, 3.63) is 70.2 Å². The van der Waals surface area contributed by atoms with Crippen LogP contribution >= 0.6 is 11.6 Å². The van der Waals surface area contributed by atoms with E-state index in [9.17, 15) is 0 Å². The normalized spacial score (nSPS) is 11.5. The Morgan fingerprint density at radius 3 is 2.40 bits per heavy atom. The average Bonchev–Trinajstić information content (AvgIpc) is 2.49. The molecule has 0 aliphatic heterocycles. The van der Waals surface area contributed by atoms with E-state index in [0.717, 1.165) is 11.1 Å². The van der Waals surface area contributed by atoms with Crippen LogP contribution < -0.4 is 5.90 Å². The SMILES string of the molecule is C/C(=C(\ON)c1ccccc1C#N)c1ccc(Cl)cc1. The van der Waals surface area contributed by atoms with Crippen LogP contribution in [0.5, 0.6) is 0 Å². The molecular weight excluding hydrogens is 272 g/mol. The molecule has 0 spiro atoms. The number of hydrogen-bond donors (Lipinski definition) is 1. The maximum atomic E-state index is 9.17. The van der Waals surface area contributed by atoms with Crippen LogP contribution in [0.3, 0.4) is 0 Å². The minimum atomic E-state index is 0.476. The lowest BCUT2D eigenvalue weighted by atomic mass is 9.99. The number of nitrogens with two attached hydrogens (primary N) is 1. The van der Waals surface area contributed by atoms with E-state index in [1.54, 1.807) is 30.3 Å². The number of nitriles is 1. The summed E-state index contributed by atoms with van der Waals surface area (Å²) in [6.45, 7) is 1.89. The second-order valence-corrected chi connectivity index (χ2v) is 4.67. The van der Waals surface area contributed by atoms with Gasteiger partial charge in [-0.1, -0.05) is 35.9 Å². The van der Waals surface area contributed by atoms with Gasteiger partial charge in [-0.25, -0.2) is 0 Å². The van der Waals surface area contributed by atoms with Gasteiger partial charge in [0.15, 0.2) is 5.76 Å². The Bertz CT molecular complexity index is 684. The van der Waals surface area contributed by atoms with Gasteiger partial charge in [0.2, 0.25) is 0 Å². The molecule has 0 radical (unpaired) electrons. The average molecular weight is 285 g/mol. The summed E-state index contributed by atoms with van der Waals surface area (Å²) in [6, 6.07) is 16.7. The molecule has 0 atom stereocenters. The van der Waals surface area contributed by atoms with Gasteiger partial charge in [0.1, 0.15) is 0 Å². The van der Waals surface area contributed by atoms with E-state index in [4.69, 9.17) is 27.6 Å². The molecule has 2 aromatic carbocycles. The van der Waals surface area contributed by atoms with E-state index in [2.05, 4.69) is 6.07 Å². The Morgan fingerprint density at radius 2 is 1.80 bits per heavy atom. The predicted molar refractivity (Wildman–Crippen MR) is 80.4 cm³/mol. The van der Waals surface area contributed by atoms with Gasteiger partial charge in [0, 0.05) is 16.2 Å². The van der Waals surface area contributed by atoms with E-state index in [-0.39, 0.29) is 0 Å². The predicted octanol–water partition coefficient (Wildman–Crippen LogP) is 3.99. The molecule has 20 heavy (non-hydrogen) atoms. The zero-order valence-electron chi connectivity index (χ0n) is 10.9. The fourth-order valence-corrected chi connectivity index (χ4v) is 2.09. The second kappa shape index (κ2) is 6.25. The lowest BCUT2D eigenvalue weighted by Gasteiger charge is -2.12. The number of allylic oxidation sites excluding steroid dienone is 1. The van der Waals surface area contributed by atoms with Crippen LogP contribution in [0.15, 0.2) is 48.5 Å². The third kappa shape index (κ3) is 2.83. The van der Waals surface area contributed by atoms with Gasteiger partial charge in [-0.3, -0.25) is 0 Å². The molecule has 3 nitrogen and oxygen atoms in total. The number of hydrogen-bond acceptors (Lipinski definition) is 3. The van der Waals surface area contributed by atoms with Crippen LogP contribution in [0, 0.1) is 11.3 Å². The van der Waals surface area contributed by atoms with Crippen molar-refractivity contribution in [2.75, 3.05) is 0 Å². The number of benzene rings is 2. The minimum absolute atomic E-state index is 0.476. The van der Waals surface area contributed by atoms with Gasteiger partial charge in [-0.15, -0.1) is 0 Å². The maximum Gasteiger partial charge on any atom is 0.158 e. The van der Waals surface area contributed by atoms with Gasteiger partial charge in [0.25, 0.3) is 0 Å². The van der Waals surface area contributed by atoms with E-state index >= 15 is 0 Å². The summed E-state index contributed by atoms with van der Waals surface area (Å²) in [7, 11) is 0. The van der Waals surface area contributed by atoms with Crippen LogP contribution in [0.25, 0.3) is 11.3 Å². The van der Waals surface area contributed by atoms with Crippen LogP contribution in [-0.4, -0.2) is 0 Å². The van der Waals surface area contributed by atoms with Gasteiger partial charge in [-0.05, 0) is 36.8 Å². The summed E-state index contributed by atoms with van der Waals surface area (Å²) in [5, 5.41) is 9.83. The summed E-state index contributed by atoms with van der Waals surface area (Å²) in [5.41, 5.74) is 2.96. The maximum absolute atomic E-state index is 9.17. The first kappa shape index (κ1) is 14.1. The molecule has 0 unspecified atom stereocenters. The molecule has 0 amide bonds. The summed E-state index contributed by atoms with van der Waals surface area (Å²) in [4.78, 5) is 5.02. The van der Waals surface area contributed by atoms with Gasteiger partial charge >= 0.3 is 0 Å². The highest BCUT2D eigenvalue weighted by atomic mass is 35.5. The molecule has 0 saturated carbocycles. The highest BCUT2D eigenvalue weighted by molar-refractivity contribution is 6.30. The topological polar surface area (TPSA) is 59.0 Å². The first-order valence-corrected chi connectivity index (χ1v) is 6.38. The summed E-state index contributed by atoms with van der Waals surface area (Å²) >= 11 is 5.88. The first-order valence-electron chi connectivity index (χ1n) is 6.00. The zero-order chi connectivity index (χ0) is 14.5. The molecule has 4 heteroatoms. The molecule has 0 fully saturated rings. The fraction of sp³-hybridized carbons (Fsp3) is 0.0625. The third-order valence-corrected chi connectivity index (χ3v) is 3.28. The molecule has 0 aliphatic carbocycles. The van der Waals surface area contributed by atoms with Crippen LogP contribution in [0.1, 0.15) is 23.6 Å².